The van der Waals surface area contributed by atoms with Crippen molar-refractivity contribution < 1.29 is 22.3 Å². The largest absolute Gasteiger partial charge is 0.445 e. The first-order chi connectivity index (χ1) is 13.8. The highest BCUT2D eigenvalue weighted by Crippen LogP contribution is 2.48. The number of benzene rings is 2. The Kier molecular flexibility index (Phi) is 4.98. The maximum atomic E-state index is 13.9. The highest BCUT2D eigenvalue weighted by atomic mass is 32.2. The number of rotatable bonds is 3. The summed E-state index contributed by atoms with van der Waals surface area (Å²) in [5.74, 6) is -0.386. The molecule has 2 aliphatic heterocycles. The molecule has 0 saturated carbocycles. The van der Waals surface area contributed by atoms with E-state index in [1.807, 2.05) is 30.3 Å². The van der Waals surface area contributed by atoms with E-state index in [0.29, 0.717) is 37.2 Å². The number of halogens is 1. The number of carbonyl (C=O) groups is 1. The molecule has 1 saturated heterocycles. The van der Waals surface area contributed by atoms with Gasteiger partial charge in [-0.1, -0.05) is 30.3 Å². The Bertz CT molecular complexity index is 1020. The number of sulfonamides is 1. The number of piperidine rings is 1. The summed E-state index contributed by atoms with van der Waals surface area (Å²) in [6.45, 7) is 1.34. The first-order valence-electron chi connectivity index (χ1n) is 9.52. The summed E-state index contributed by atoms with van der Waals surface area (Å²) < 4.78 is 45.2. The molecule has 154 valence electrons. The summed E-state index contributed by atoms with van der Waals surface area (Å²) >= 11 is 0. The molecule has 1 spiro atoms. The van der Waals surface area contributed by atoms with Crippen molar-refractivity contribution in [3.63, 3.8) is 0 Å². The zero-order valence-corrected chi connectivity index (χ0v) is 17.0. The van der Waals surface area contributed by atoms with Crippen LogP contribution in [0.2, 0.25) is 0 Å². The van der Waals surface area contributed by atoms with Crippen LogP contribution in [0.1, 0.15) is 24.0 Å². The van der Waals surface area contributed by atoms with Crippen LogP contribution in [0.3, 0.4) is 0 Å². The van der Waals surface area contributed by atoms with Crippen LogP contribution in [0.15, 0.2) is 48.5 Å². The number of ether oxygens (including phenoxy) is 1. The highest BCUT2D eigenvalue weighted by Gasteiger charge is 2.47. The molecule has 2 aliphatic rings. The lowest BCUT2D eigenvalue weighted by Crippen LogP contribution is -2.47. The minimum absolute atomic E-state index is 0.206. The summed E-state index contributed by atoms with van der Waals surface area (Å²) in [6.07, 6.45) is 1.88. The average Bonchev–Trinajstić information content (AvgIpc) is 3.01. The van der Waals surface area contributed by atoms with Crippen molar-refractivity contribution in [1.82, 2.24) is 4.90 Å². The standard InChI is InChI=1S/C21H23FN2O4S/c1-29(26,27)24-15-21(18-13-17(22)7-8-19(18)24)9-11-23(12-10-21)20(25)28-14-16-5-3-2-4-6-16/h2-8,13H,9-12,14-15H2,1H3. The summed E-state index contributed by atoms with van der Waals surface area (Å²) in [6, 6.07) is 13.7. The highest BCUT2D eigenvalue weighted by molar-refractivity contribution is 7.92. The van der Waals surface area contributed by atoms with Crippen LogP contribution in [0.4, 0.5) is 14.9 Å². The smallest absolute Gasteiger partial charge is 0.410 e. The third kappa shape index (κ3) is 3.81. The predicted molar refractivity (Wildman–Crippen MR) is 108 cm³/mol. The van der Waals surface area contributed by atoms with Gasteiger partial charge in [0.1, 0.15) is 12.4 Å². The van der Waals surface area contributed by atoms with Gasteiger partial charge in [-0.3, -0.25) is 4.31 Å². The molecule has 29 heavy (non-hydrogen) atoms. The maximum Gasteiger partial charge on any atom is 0.410 e. The molecule has 1 amide bonds. The molecule has 4 rings (SSSR count). The summed E-state index contributed by atoms with van der Waals surface area (Å²) in [7, 11) is -3.47. The van der Waals surface area contributed by atoms with E-state index in [9.17, 15) is 17.6 Å². The fourth-order valence-electron chi connectivity index (χ4n) is 4.25. The van der Waals surface area contributed by atoms with E-state index in [1.54, 1.807) is 4.90 Å². The van der Waals surface area contributed by atoms with Gasteiger partial charge in [-0.05, 0) is 42.2 Å². The van der Waals surface area contributed by atoms with Gasteiger partial charge in [-0.25, -0.2) is 17.6 Å². The second kappa shape index (κ2) is 7.33. The van der Waals surface area contributed by atoms with E-state index in [0.717, 1.165) is 11.8 Å². The number of hydrogen-bond acceptors (Lipinski definition) is 4. The fraction of sp³-hybridized carbons (Fsp3) is 0.381. The number of fused-ring (bicyclic) bond motifs is 2. The Morgan fingerprint density at radius 1 is 1.14 bits per heavy atom. The molecule has 0 bridgehead atoms. The van der Waals surface area contributed by atoms with Gasteiger partial charge in [0.2, 0.25) is 10.0 Å². The van der Waals surface area contributed by atoms with Crippen LogP contribution in [0.25, 0.3) is 0 Å². The van der Waals surface area contributed by atoms with Crippen molar-refractivity contribution in [1.29, 1.82) is 0 Å². The molecular formula is C21H23FN2O4S. The molecule has 0 radical (unpaired) electrons. The van der Waals surface area contributed by atoms with Crippen LogP contribution >= 0.6 is 0 Å². The van der Waals surface area contributed by atoms with Gasteiger partial charge in [0, 0.05) is 25.0 Å². The minimum Gasteiger partial charge on any atom is -0.445 e. The molecule has 0 unspecified atom stereocenters. The van der Waals surface area contributed by atoms with E-state index in [4.69, 9.17) is 4.74 Å². The molecule has 0 atom stereocenters. The van der Waals surface area contributed by atoms with Gasteiger partial charge >= 0.3 is 6.09 Å². The Morgan fingerprint density at radius 3 is 2.48 bits per heavy atom. The molecule has 1 fully saturated rings. The normalized spacial score (nSPS) is 18.0. The van der Waals surface area contributed by atoms with Crippen LogP contribution < -0.4 is 4.31 Å². The van der Waals surface area contributed by atoms with Gasteiger partial charge in [0.15, 0.2) is 0 Å². The van der Waals surface area contributed by atoms with Crippen molar-refractivity contribution in [2.24, 2.45) is 0 Å². The first kappa shape index (κ1) is 19.7. The number of carbonyl (C=O) groups excluding carboxylic acids is 1. The molecule has 2 aromatic rings. The lowest BCUT2D eigenvalue weighted by atomic mass is 9.74. The van der Waals surface area contributed by atoms with E-state index in [1.165, 1.54) is 22.5 Å². The third-order valence-electron chi connectivity index (χ3n) is 5.83. The zero-order chi connectivity index (χ0) is 20.6. The summed E-state index contributed by atoms with van der Waals surface area (Å²) in [5.41, 5.74) is 1.67. The second-order valence-corrected chi connectivity index (χ2v) is 9.65. The quantitative estimate of drug-likeness (QED) is 0.767. The molecule has 0 aliphatic carbocycles. The topological polar surface area (TPSA) is 66.9 Å². The summed E-state index contributed by atoms with van der Waals surface area (Å²) in [5, 5.41) is 0. The molecule has 2 aromatic carbocycles. The molecule has 0 N–H and O–H groups in total. The molecule has 6 nitrogen and oxygen atoms in total. The first-order valence-corrected chi connectivity index (χ1v) is 11.4. The van der Waals surface area contributed by atoms with E-state index in [2.05, 4.69) is 0 Å². The van der Waals surface area contributed by atoms with Gasteiger partial charge < -0.3 is 9.64 Å². The number of nitrogens with zero attached hydrogens (tertiary/aromatic N) is 2. The van der Waals surface area contributed by atoms with Crippen molar-refractivity contribution in [2.45, 2.75) is 24.9 Å². The predicted octanol–water partition coefficient (Wildman–Crippen LogP) is 3.28. The Labute approximate surface area is 169 Å². The van der Waals surface area contributed by atoms with Crippen LogP contribution in [-0.2, 0) is 26.8 Å². The van der Waals surface area contributed by atoms with Crippen LogP contribution in [0, 0.1) is 5.82 Å². The van der Waals surface area contributed by atoms with Gasteiger partial charge in [-0.15, -0.1) is 0 Å². The molecular weight excluding hydrogens is 395 g/mol. The zero-order valence-electron chi connectivity index (χ0n) is 16.2. The molecule has 0 aromatic heterocycles. The minimum atomic E-state index is -3.47. The average molecular weight is 418 g/mol. The van der Waals surface area contributed by atoms with Crippen molar-refractivity contribution in [2.75, 3.05) is 30.2 Å². The number of anilines is 1. The van der Waals surface area contributed by atoms with Crippen molar-refractivity contribution in [3.8, 4) is 0 Å². The maximum absolute atomic E-state index is 13.9. The van der Waals surface area contributed by atoms with Gasteiger partial charge in [-0.2, -0.15) is 0 Å². The van der Waals surface area contributed by atoms with E-state index in [-0.39, 0.29) is 25.1 Å². The lowest BCUT2D eigenvalue weighted by molar-refractivity contribution is 0.0791. The number of amides is 1. The number of likely N-dealkylation sites (tertiary alicyclic amines) is 1. The Hall–Kier alpha value is -2.61. The fourth-order valence-corrected chi connectivity index (χ4v) is 5.25. The molecule has 8 heteroatoms. The SMILES string of the molecule is CS(=O)(=O)N1CC2(CCN(C(=O)OCc3ccccc3)CC2)c2cc(F)ccc21. The second-order valence-electron chi connectivity index (χ2n) is 7.74. The van der Waals surface area contributed by atoms with E-state index < -0.39 is 15.4 Å². The third-order valence-corrected chi connectivity index (χ3v) is 6.96. The van der Waals surface area contributed by atoms with Crippen LogP contribution in [-0.4, -0.2) is 45.3 Å². The van der Waals surface area contributed by atoms with E-state index >= 15 is 0 Å². The monoisotopic (exact) mass is 418 g/mol. The van der Waals surface area contributed by atoms with Crippen LogP contribution in [0.5, 0.6) is 0 Å². The summed E-state index contributed by atoms with van der Waals surface area (Å²) in [4.78, 5) is 14.1. The Morgan fingerprint density at radius 2 is 1.83 bits per heavy atom. The molecule has 2 heterocycles. The Balaban J connectivity index is 1.47. The van der Waals surface area contributed by atoms with Crippen molar-refractivity contribution >= 4 is 21.8 Å². The number of hydrogen-bond donors (Lipinski definition) is 0. The van der Waals surface area contributed by atoms with Gasteiger partial charge in [0.25, 0.3) is 0 Å². The van der Waals surface area contributed by atoms with Gasteiger partial charge in [0.05, 0.1) is 11.9 Å². The van der Waals surface area contributed by atoms with Crippen molar-refractivity contribution in [3.05, 3.63) is 65.5 Å². The lowest BCUT2D eigenvalue weighted by Gasteiger charge is -2.39.